The van der Waals surface area contributed by atoms with Gasteiger partial charge in [0.05, 0.1) is 12.2 Å². The average Bonchev–Trinajstić information content (AvgIpc) is 2.27. The molecule has 0 spiro atoms. The van der Waals surface area contributed by atoms with Gasteiger partial charge in [-0.25, -0.2) is 9.18 Å². The van der Waals surface area contributed by atoms with Crippen LogP contribution in [0.25, 0.3) is 0 Å². The van der Waals surface area contributed by atoms with Crippen LogP contribution in [0.2, 0.25) is 0 Å². The first-order valence-corrected chi connectivity index (χ1v) is 5.34. The van der Waals surface area contributed by atoms with E-state index in [1.807, 2.05) is 0 Å². The van der Waals surface area contributed by atoms with E-state index in [2.05, 4.69) is 5.32 Å². The quantitative estimate of drug-likeness (QED) is 0.742. The van der Waals surface area contributed by atoms with Crippen LogP contribution in [-0.4, -0.2) is 36.7 Å². The number of aliphatic carboxylic acids is 1. The predicted molar refractivity (Wildman–Crippen MR) is 61.9 cm³/mol. The van der Waals surface area contributed by atoms with Gasteiger partial charge in [-0.1, -0.05) is 6.07 Å². The molecule has 1 rings (SSSR count). The molecule has 0 heterocycles. The van der Waals surface area contributed by atoms with Crippen LogP contribution in [0.1, 0.15) is 15.9 Å². The maximum atomic E-state index is 13.4. The number of benzene rings is 1. The second-order valence-corrected chi connectivity index (χ2v) is 3.69. The maximum absolute atomic E-state index is 13.4. The summed E-state index contributed by atoms with van der Waals surface area (Å²) >= 11 is 0. The molecule has 0 atom stereocenters. The van der Waals surface area contributed by atoms with Gasteiger partial charge in [-0.3, -0.25) is 4.79 Å². The van der Waals surface area contributed by atoms with Crippen LogP contribution in [0.15, 0.2) is 18.2 Å². The lowest BCUT2D eigenvalue weighted by Gasteiger charge is -2.06. The SMILES string of the molecule is Cc1ccc(C(=O)NCCOCC(=O)O)c(F)c1. The zero-order chi connectivity index (χ0) is 13.5. The van der Waals surface area contributed by atoms with E-state index < -0.39 is 24.3 Å². The second-order valence-electron chi connectivity index (χ2n) is 3.69. The van der Waals surface area contributed by atoms with Crippen molar-refractivity contribution in [3.63, 3.8) is 0 Å². The van der Waals surface area contributed by atoms with Crippen LogP contribution in [0, 0.1) is 12.7 Å². The summed E-state index contributed by atoms with van der Waals surface area (Å²) in [5.41, 5.74) is 0.688. The van der Waals surface area contributed by atoms with Crippen molar-refractivity contribution in [2.24, 2.45) is 0 Å². The Morgan fingerprint density at radius 1 is 1.44 bits per heavy atom. The minimum Gasteiger partial charge on any atom is -0.480 e. The molecule has 0 radical (unpaired) electrons. The standard InChI is InChI=1S/C12H14FNO4/c1-8-2-3-9(10(13)6-8)12(17)14-4-5-18-7-11(15)16/h2-3,6H,4-5,7H2,1H3,(H,14,17)(H,15,16). The molecule has 0 fully saturated rings. The molecule has 1 aromatic carbocycles. The van der Waals surface area contributed by atoms with Gasteiger partial charge in [0.1, 0.15) is 12.4 Å². The molecule has 5 nitrogen and oxygen atoms in total. The molecule has 0 aliphatic carbocycles. The van der Waals surface area contributed by atoms with Crippen molar-refractivity contribution < 1.29 is 23.8 Å². The zero-order valence-electron chi connectivity index (χ0n) is 9.90. The van der Waals surface area contributed by atoms with Gasteiger partial charge in [0.25, 0.3) is 5.91 Å². The molecular formula is C12H14FNO4. The van der Waals surface area contributed by atoms with Crippen LogP contribution in [-0.2, 0) is 9.53 Å². The second kappa shape index (κ2) is 6.70. The highest BCUT2D eigenvalue weighted by atomic mass is 19.1. The Morgan fingerprint density at radius 3 is 2.78 bits per heavy atom. The van der Waals surface area contributed by atoms with E-state index in [0.717, 1.165) is 5.56 Å². The van der Waals surface area contributed by atoms with E-state index in [1.54, 1.807) is 13.0 Å². The van der Waals surface area contributed by atoms with Crippen LogP contribution in [0.5, 0.6) is 0 Å². The predicted octanol–water partition coefficient (Wildman–Crippen LogP) is 0.965. The van der Waals surface area contributed by atoms with Crippen molar-refractivity contribution in [2.45, 2.75) is 6.92 Å². The molecule has 98 valence electrons. The van der Waals surface area contributed by atoms with Crippen LogP contribution < -0.4 is 5.32 Å². The molecule has 0 unspecified atom stereocenters. The van der Waals surface area contributed by atoms with E-state index in [1.165, 1.54) is 12.1 Å². The van der Waals surface area contributed by atoms with Gasteiger partial charge < -0.3 is 15.2 Å². The third kappa shape index (κ3) is 4.50. The molecule has 0 bridgehead atoms. The number of aryl methyl sites for hydroxylation is 1. The van der Waals surface area contributed by atoms with E-state index in [4.69, 9.17) is 9.84 Å². The summed E-state index contributed by atoms with van der Waals surface area (Å²) in [6, 6.07) is 4.31. The zero-order valence-corrected chi connectivity index (χ0v) is 9.90. The third-order valence-corrected chi connectivity index (χ3v) is 2.13. The normalized spacial score (nSPS) is 10.1. The summed E-state index contributed by atoms with van der Waals surface area (Å²) in [4.78, 5) is 21.7. The van der Waals surface area contributed by atoms with Crippen molar-refractivity contribution in [1.82, 2.24) is 5.32 Å². The summed E-state index contributed by atoms with van der Waals surface area (Å²) in [6.45, 7) is 1.49. The Hall–Kier alpha value is -1.95. The summed E-state index contributed by atoms with van der Waals surface area (Å²) in [5.74, 6) is -2.21. The fourth-order valence-corrected chi connectivity index (χ4v) is 1.30. The minimum atomic E-state index is -1.08. The van der Waals surface area contributed by atoms with Crippen LogP contribution in [0.3, 0.4) is 0 Å². The number of carbonyl (C=O) groups is 2. The monoisotopic (exact) mass is 255 g/mol. The Labute approximate surface area is 104 Å². The molecule has 2 N–H and O–H groups in total. The Morgan fingerprint density at radius 2 is 2.17 bits per heavy atom. The fourth-order valence-electron chi connectivity index (χ4n) is 1.30. The van der Waals surface area contributed by atoms with Gasteiger partial charge in [-0.2, -0.15) is 0 Å². The molecule has 0 aromatic heterocycles. The lowest BCUT2D eigenvalue weighted by atomic mass is 10.1. The van der Waals surface area contributed by atoms with Crippen molar-refractivity contribution in [1.29, 1.82) is 0 Å². The molecule has 0 aliphatic rings. The van der Waals surface area contributed by atoms with Gasteiger partial charge in [-0.15, -0.1) is 0 Å². The number of hydrogen-bond donors (Lipinski definition) is 2. The van der Waals surface area contributed by atoms with Crippen molar-refractivity contribution >= 4 is 11.9 Å². The van der Waals surface area contributed by atoms with E-state index in [9.17, 15) is 14.0 Å². The van der Waals surface area contributed by atoms with Gasteiger partial charge in [-0.05, 0) is 24.6 Å². The highest BCUT2D eigenvalue weighted by Gasteiger charge is 2.10. The molecule has 6 heteroatoms. The van der Waals surface area contributed by atoms with Crippen molar-refractivity contribution in [3.05, 3.63) is 35.1 Å². The molecule has 1 amide bonds. The van der Waals surface area contributed by atoms with Gasteiger partial charge in [0.15, 0.2) is 0 Å². The Kier molecular flexibility index (Phi) is 5.26. The number of carboxylic acids is 1. The summed E-state index contributed by atoms with van der Waals surface area (Å²) in [5, 5.41) is 10.7. The summed E-state index contributed by atoms with van der Waals surface area (Å²) in [7, 11) is 0. The first-order chi connectivity index (χ1) is 8.50. The molecule has 0 saturated carbocycles. The molecule has 1 aromatic rings. The average molecular weight is 255 g/mol. The lowest BCUT2D eigenvalue weighted by Crippen LogP contribution is -2.28. The van der Waals surface area contributed by atoms with E-state index in [0.29, 0.717) is 0 Å². The van der Waals surface area contributed by atoms with Crippen molar-refractivity contribution in [3.8, 4) is 0 Å². The molecular weight excluding hydrogens is 241 g/mol. The first-order valence-electron chi connectivity index (χ1n) is 5.34. The van der Waals surface area contributed by atoms with Crippen LogP contribution in [0.4, 0.5) is 4.39 Å². The number of hydrogen-bond acceptors (Lipinski definition) is 3. The van der Waals surface area contributed by atoms with Gasteiger partial charge >= 0.3 is 5.97 Å². The van der Waals surface area contributed by atoms with Gasteiger partial charge in [0.2, 0.25) is 0 Å². The topological polar surface area (TPSA) is 75.6 Å². The maximum Gasteiger partial charge on any atom is 0.329 e. The van der Waals surface area contributed by atoms with E-state index >= 15 is 0 Å². The van der Waals surface area contributed by atoms with Crippen LogP contribution >= 0.6 is 0 Å². The molecule has 18 heavy (non-hydrogen) atoms. The van der Waals surface area contributed by atoms with Gasteiger partial charge in [0, 0.05) is 6.54 Å². The molecule has 0 saturated heterocycles. The highest BCUT2D eigenvalue weighted by Crippen LogP contribution is 2.09. The van der Waals surface area contributed by atoms with Crippen molar-refractivity contribution in [2.75, 3.05) is 19.8 Å². The summed E-state index contributed by atoms with van der Waals surface area (Å²) < 4.78 is 18.1. The summed E-state index contributed by atoms with van der Waals surface area (Å²) in [6.07, 6.45) is 0. The largest absolute Gasteiger partial charge is 0.480 e. The highest BCUT2D eigenvalue weighted by molar-refractivity contribution is 5.94. The Bertz CT molecular complexity index is 448. The minimum absolute atomic E-state index is 0.0427. The number of carbonyl (C=O) groups excluding carboxylic acids is 1. The number of rotatable bonds is 6. The number of ether oxygens (including phenoxy) is 1. The smallest absolute Gasteiger partial charge is 0.329 e. The first kappa shape index (κ1) is 14.1. The number of halogens is 1. The molecule has 0 aliphatic heterocycles. The number of nitrogens with one attached hydrogen (secondary N) is 1. The lowest BCUT2D eigenvalue weighted by molar-refractivity contribution is -0.142. The number of amides is 1. The number of carboxylic acid groups (broad SMARTS) is 1. The Balaban J connectivity index is 2.39. The third-order valence-electron chi connectivity index (χ3n) is 2.13. The van der Waals surface area contributed by atoms with E-state index in [-0.39, 0.29) is 18.7 Å². The fraction of sp³-hybridized carbons (Fsp3) is 0.333.